The number of carboxylic acids is 1. The largest absolute Gasteiger partial charge is 0.478 e. The molecule has 0 amide bonds. The summed E-state index contributed by atoms with van der Waals surface area (Å²) in [7, 11) is 0. The highest BCUT2D eigenvalue weighted by atomic mass is 16.4. The van der Waals surface area contributed by atoms with Crippen LogP contribution in [-0.4, -0.2) is 30.7 Å². The molecule has 0 saturated heterocycles. The fraction of sp³-hybridized carbons (Fsp3) is 0.417. The lowest BCUT2D eigenvalue weighted by Crippen LogP contribution is -2.17. The zero-order valence-electron chi connectivity index (χ0n) is 9.49. The molecule has 0 saturated carbocycles. The lowest BCUT2D eigenvalue weighted by atomic mass is 10.2. The van der Waals surface area contributed by atoms with E-state index < -0.39 is 5.97 Å². The highest BCUT2D eigenvalue weighted by Gasteiger charge is 2.07. The SMILES string of the molecule is CCNCCCNc1ccccc1C(=O)O. The summed E-state index contributed by atoms with van der Waals surface area (Å²) in [6.45, 7) is 4.74. The van der Waals surface area contributed by atoms with E-state index in [0.29, 0.717) is 11.3 Å². The molecule has 0 atom stereocenters. The topological polar surface area (TPSA) is 61.4 Å². The molecule has 0 aromatic heterocycles. The Kier molecular flexibility index (Phi) is 5.36. The molecule has 0 aliphatic carbocycles. The van der Waals surface area contributed by atoms with Crippen molar-refractivity contribution in [3.8, 4) is 0 Å². The van der Waals surface area contributed by atoms with E-state index in [4.69, 9.17) is 5.11 Å². The number of benzene rings is 1. The van der Waals surface area contributed by atoms with Gasteiger partial charge in [-0.1, -0.05) is 19.1 Å². The predicted octanol–water partition coefficient (Wildman–Crippen LogP) is 1.80. The first-order valence-corrected chi connectivity index (χ1v) is 5.52. The van der Waals surface area contributed by atoms with Crippen molar-refractivity contribution in [3.05, 3.63) is 29.8 Å². The van der Waals surface area contributed by atoms with E-state index in [9.17, 15) is 4.79 Å². The number of para-hydroxylation sites is 1. The molecule has 0 aliphatic heterocycles. The van der Waals surface area contributed by atoms with Crippen molar-refractivity contribution in [3.63, 3.8) is 0 Å². The molecule has 0 unspecified atom stereocenters. The van der Waals surface area contributed by atoms with E-state index in [1.165, 1.54) is 0 Å². The molecule has 0 radical (unpaired) electrons. The maximum atomic E-state index is 10.9. The average Bonchev–Trinajstić information content (AvgIpc) is 2.29. The summed E-state index contributed by atoms with van der Waals surface area (Å²) in [5, 5.41) is 15.3. The van der Waals surface area contributed by atoms with Gasteiger partial charge in [-0.25, -0.2) is 4.79 Å². The Morgan fingerprint density at radius 2 is 2.06 bits per heavy atom. The van der Waals surface area contributed by atoms with Crippen LogP contribution in [0, 0.1) is 0 Å². The maximum absolute atomic E-state index is 10.9. The van der Waals surface area contributed by atoms with Gasteiger partial charge in [-0.3, -0.25) is 0 Å². The number of aromatic carboxylic acids is 1. The van der Waals surface area contributed by atoms with Crippen LogP contribution in [0.25, 0.3) is 0 Å². The first-order valence-electron chi connectivity index (χ1n) is 5.52. The van der Waals surface area contributed by atoms with Crippen LogP contribution in [0.5, 0.6) is 0 Å². The second-order valence-electron chi connectivity index (χ2n) is 3.48. The molecule has 4 heteroatoms. The predicted molar refractivity (Wildman–Crippen MR) is 65.1 cm³/mol. The van der Waals surface area contributed by atoms with Crippen LogP contribution in [-0.2, 0) is 0 Å². The van der Waals surface area contributed by atoms with Crippen molar-refractivity contribution >= 4 is 11.7 Å². The Morgan fingerprint density at radius 3 is 2.75 bits per heavy atom. The fourth-order valence-corrected chi connectivity index (χ4v) is 1.44. The quantitative estimate of drug-likeness (QED) is 0.616. The van der Waals surface area contributed by atoms with Crippen molar-refractivity contribution in [1.82, 2.24) is 5.32 Å². The lowest BCUT2D eigenvalue weighted by Gasteiger charge is -2.09. The molecule has 1 aromatic carbocycles. The van der Waals surface area contributed by atoms with Gasteiger partial charge in [-0.2, -0.15) is 0 Å². The van der Waals surface area contributed by atoms with Gasteiger partial charge in [0, 0.05) is 12.2 Å². The van der Waals surface area contributed by atoms with Gasteiger partial charge in [0.25, 0.3) is 0 Å². The van der Waals surface area contributed by atoms with Gasteiger partial charge >= 0.3 is 5.97 Å². The summed E-state index contributed by atoms with van der Waals surface area (Å²) < 4.78 is 0. The lowest BCUT2D eigenvalue weighted by molar-refractivity contribution is 0.0698. The Labute approximate surface area is 95.7 Å². The summed E-state index contributed by atoms with van der Waals surface area (Å²) in [6.07, 6.45) is 0.974. The van der Waals surface area contributed by atoms with E-state index in [0.717, 1.165) is 26.1 Å². The fourth-order valence-electron chi connectivity index (χ4n) is 1.44. The number of carboxylic acid groups (broad SMARTS) is 1. The number of nitrogens with one attached hydrogen (secondary N) is 2. The van der Waals surface area contributed by atoms with Gasteiger partial charge in [-0.05, 0) is 31.6 Å². The third kappa shape index (κ3) is 3.90. The van der Waals surface area contributed by atoms with E-state index >= 15 is 0 Å². The smallest absolute Gasteiger partial charge is 0.337 e. The zero-order chi connectivity index (χ0) is 11.8. The Balaban J connectivity index is 2.44. The highest BCUT2D eigenvalue weighted by Crippen LogP contribution is 2.14. The summed E-state index contributed by atoms with van der Waals surface area (Å²) in [5.74, 6) is -0.894. The van der Waals surface area contributed by atoms with Crippen LogP contribution >= 0.6 is 0 Å². The number of hydrogen-bond donors (Lipinski definition) is 3. The first-order chi connectivity index (χ1) is 7.75. The van der Waals surface area contributed by atoms with Crippen molar-refractivity contribution in [1.29, 1.82) is 0 Å². The molecular formula is C12H18N2O2. The summed E-state index contributed by atoms with van der Waals surface area (Å²) in [4.78, 5) is 10.9. The van der Waals surface area contributed by atoms with E-state index in [2.05, 4.69) is 17.6 Å². The Morgan fingerprint density at radius 1 is 1.31 bits per heavy atom. The molecule has 0 spiro atoms. The molecule has 0 heterocycles. The molecule has 1 aromatic rings. The van der Waals surface area contributed by atoms with E-state index in [-0.39, 0.29) is 0 Å². The van der Waals surface area contributed by atoms with E-state index in [1.807, 2.05) is 6.07 Å². The zero-order valence-corrected chi connectivity index (χ0v) is 9.49. The van der Waals surface area contributed by atoms with Crippen molar-refractivity contribution in [2.24, 2.45) is 0 Å². The van der Waals surface area contributed by atoms with Gasteiger partial charge in [0.05, 0.1) is 5.56 Å². The van der Waals surface area contributed by atoms with Gasteiger partial charge in [0.1, 0.15) is 0 Å². The van der Waals surface area contributed by atoms with E-state index in [1.54, 1.807) is 18.2 Å². The number of anilines is 1. The van der Waals surface area contributed by atoms with Crippen LogP contribution in [0.2, 0.25) is 0 Å². The summed E-state index contributed by atoms with van der Waals surface area (Å²) >= 11 is 0. The van der Waals surface area contributed by atoms with Gasteiger partial charge in [0.15, 0.2) is 0 Å². The highest BCUT2D eigenvalue weighted by molar-refractivity contribution is 5.94. The second kappa shape index (κ2) is 6.85. The van der Waals surface area contributed by atoms with Crippen LogP contribution in [0.3, 0.4) is 0 Å². The standard InChI is InChI=1S/C12H18N2O2/c1-2-13-8-5-9-14-11-7-4-3-6-10(11)12(15)16/h3-4,6-7,13-14H,2,5,8-9H2,1H3,(H,15,16). The van der Waals surface area contributed by atoms with Crippen molar-refractivity contribution in [2.45, 2.75) is 13.3 Å². The maximum Gasteiger partial charge on any atom is 0.337 e. The molecular weight excluding hydrogens is 204 g/mol. The number of carbonyl (C=O) groups is 1. The van der Waals surface area contributed by atoms with Gasteiger partial charge < -0.3 is 15.7 Å². The van der Waals surface area contributed by atoms with Gasteiger partial charge in [-0.15, -0.1) is 0 Å². The monoisotopic (exact) mass is 222 g/mol. The first kappa shape index (κ1) is 12.5. The molecule has 0 bridgehead atoms. The Hall–Kier alpha value is -1.55. The minimum absolute atomic E-state index is 0.325. The minimum Gasteiger partial charge on any atom is -0.478 e. The molecule has 3 N–H and O–H groups in total. The third-order valence-corrected chi connectivity index (χ3v) is 2.25. The average molecular weight is 222 g/mol. The van der Waals surface area contributed by atoms with Crippen LogP contribution in [0.4, 0.5) is 5.69 Å². The molecule has 0 fully saturated rings. The summed E-state index contributed by atoms with van der Waals surface area (Å²) in [6, 6.07) is 6.96. The van der Waals surface area contributed by atoms with Crippen LogP contribution in [0.15, 0.2) is 24.3 Å². The summed E-state index contributed by atoms with van der Waals surface area (Å²) in [5.41, 5.74) is 1.01. The van der Waals surface area contributed by atoms with Crippen molar-refractivity contribution in [2.75, 3.05) is 25.0 Å². The van der Waals surface area contributed by atoms with Crippen molar-refractivity contribution < 1.29 is 9.90 Å². The molecule has 4 nitrogen and oxygen atoms in total. The van der Waals surface area contributed by atoms with Gasteiger partial charge in [0.2, 0.25) is 0 Å². The number of hydrogen-bond acceptors (Lipinski definition) is 3. The minimum atomic E-state index is -0.894. The third-order valence-electron chi connectivity index (χ3n) is 2.25. The molecule has 88 valence electrons. The Bertz CT molecular complexity index is 340. The molecule has 16 heavy (non-hydrogen) atoms. The number of rotatable bonds is 7. The molecule has 1 rings (SSSR count). The van der Waals surface area contributed by atoms with Crippen LogP contribution < -0.4 is 10.6 Å². The normalized spacial score (nSPS) is 10.1. The molecule has 0 aliphatic rings. The second-order valence-corrected chi connectivity index (χ2v) is 3.48. The van der Waals surface area contributed by atoms with Crippen LogP contribution in [0.1, 0.15) is 23.7 Å².